The van der Waals surface area contributed by atoms with Crippen molar-refractivity contribution in [3.05, 3.63) is 56.2 Å². The molecule has 0 aromatic heterocycles. The third-order valence-electron chi connectivity index (χ3n) is 2.33. The molecular formula is C13H9BrCl2FNO. The van der Waals surface area contributed by atoms with Gasteiger partial charge in [0, 0.05) is 10.2 Å². The predicted molar refractivity (Wildman–Crippen MR) is 79.3 cm³/mol. The van der Waals surface area contributed by atoms with Crippen LogP contribution in [-0.4, -0.2) is 0 Å². The number of rotatable bonds is 3. The molecule has 2 nitrogen and oxygen atoms in total. The van der Waals surface area contributed by atoms with Crippen molar-refractivity contribution < 1.29 is 9.13 Å². The summed E-state index contributed by atoms with van der Waals surface area (Å²) in [5, 5.41) is 0.640. The molecule has 0 aliphatic rings. The topological polar surface area (TPSA) is 35.2 Å². The SMILES string of the molecule is Nc1cc(Cl)c(OCc2cc(F)cc(Br)c2)c(Cl)c1. The highest BCUT2D eigenvalue weighted by Crippen LogP contribution is 2.35. The third kappa shape index (κ3) is 3.75. The number of anilines is 1. The van der Waals surface area contributed by atoms with Crippen LogP contribution in [0.5, 0.6) is 5.75 Å². The number of benzene rings is 2. The Labute approximate surface area is 128 Å². The minimum Gasteiger partial charge on any atom is -0.486 e. The van der Waals surface area contributed by atoms with E-state index < -0.39 is 0 Å². The zero-order valence-corrected chi connectivity index (χ0v) is 12.7. The van der Waals surface area contributed by atoms with Crippen LogP contribution in [0, 0.1) is 5.82 Å². The van der Waals surface area contributed by atoms with Crippen molar-refractivity contribution in [2.45, 2.75) is 6.61 Å². The van der Waals surface area contributed by atoms with E-state index in [0.717, 1.165) is 0 Å². The van der Waals surface area contributed by atoms with Crippen molar-refractivity contribution in [3.8, 4) is 5.75 Å². The summed E-state index contributed by atoms with van der Waals surface area (Å²) < 4.78 is 19.4. The van der Waals surface area contributed by atoms with Crippen LogP contribution >= 0.6 is 39.1 Å². The van der Waals surface area contributed by atoms with Crippen molar-refractivity contribution in [1.29, 1.82) is 0 Å². The van der Waals surface area contributed by atoms with Crippen LogP contribution in [0.4, 0.5) is 10.1 Å². The quantitative estimate of drug-likeness (QED) is 0.773. The van der Waals surface area contributed by atoms with Crippen molar-refractivity contribution in [2.75, 3.05) is 5.73 Å². The Balaban J connectivity index is 2.19. The van der Waals surface area contributed by atoms with Crippen LogP contribution < -0.4 is 10.5 Å². The Morgan fingerprint density at radius 2 is 1.74 bits per heavy atom. The third-order valence-corrected chi connectivity index (χ3v) is 3.35. The molecule has 0 heterocycles. The van der Waals surface area contributed by atoms with E-state index in [0.29, 0.717) is 31.5 Å². The fourth-order valence-corrected chi connectivity index (χ4v) is 2.69. The number of ether oxygens (including phenoxy) is 1. The molecule has 19 heavy (non-hydrogen) atoms. The Bertz CT molecular complexity index is 578. The number of hydrogen-bond donors (Lipinski definition) is 1. The first-order chi connectivity index (χ1) is 8.95. The molecular weight excluding hydrogens is 356 g/mol. The van der Waals surface area contributed by atoms with Gasteiger partial charge in [-0.05, 0) is 35.9 Å². The van der Waals surface area contributed by atoms with Gasteiger partial charge in [-0.25, -0.2) is 4.39 Å². The molecule has 0 aliphatic carbocycles. The molecule has 100 valence electrons. The average Bonchev–Trinajstić information content (AvgIpc) is 2.25. The van der Waals surface area contributed by atoms with Crippen LogP contribution in [0.3, 0.4) is 0 Å². The number of nitrogen functional groups attached to an aromatic ring is 1. The van der Waals surface area contributed by atoms with E-state index in [9.17, 15) is 4.39 Å². The van der Waals surface area contributed by atoms with E-state index in [1.165, 1.54) is 12.1 Å². The van der Waals surface area contributed by atoms with Crippen LogP contribution in [0.15, 0.2) is 34.8 Å². The highest BCUT2D eigenvalue weighted by molar-refractivity contribution is 9.10. The lowest BCUT2D eigenvalue weighted by Gasteiger charge is -2.11. The summed E-state index contributed by atoms with van der Waals surface area (Å²) in [6, 6.07) is 7.59. The highest BCUT2D eigenvalue weighted by atomic mass is 79.9. The maximum Gasteiger partial charge on any atom is 0.157 e. The average molecular weight is 365 g/mol. The van der Waals surface area contributed by atoms with Crippen LogP contribution in [0.2, 0.25) is 10.0 Å². The van der Waals surface area contributed by atoms with Crippen molar-refractivity contribution in [3.63, 3.8) is 0 Å². The van der Waals surface area contributed by atoms with Gasteiger partial charge in [0.15, 0.2) is 5.75 Å². The molecule has 2 rings (SSSR count). The standard InChI is InChI=1S/C13H9BrCl2FNO/c14-8-1-7(2-9(17)3-8)6-19-13-11(15)4-10(18)5-12(13)16/h1-5H,6,18H2. The van der Waals surface area contributed by atoms with Gasteiger partial charge >= 0.3 is 0 Å². The van der Waals surface area contributed by atoms with Gasteiger partial charge in [0.1, 0.15) is 12.4 Å². The van der Waals surface area contributed by atoms with Crippen LogP contribution in [-0.2, 0) is 6.61 Å². The first-order valence-corrected chi connectivity index (χ1v) is 6.83. The van der Waals surface area contributed by atoms with E-state index in [-0.39, 0.29) is 12.4 Å². The molecule has 0 bridgehead atoms. The lowest BCUT2D eigenvalue weighted by Crippen LogP contribution is -1.98. The summed E-state index contributed by atoms with van der Waals surface area (Å²) in [6.07, 6.45) is 0. The molecule has 0 atom stereocenters. The largest absolute Gasteiger partial charge is 0.486 e. The summed E-state index contributed by atoms with van der Waals surface area (Å²) in [5.74, 6) is -0.0135. The summed E-state index contributed by atoms with van der Waals surface area (Å²) in [6.45, 7) is 0.152. The van der Waals surface area contributed by atoms with Gasteiger partial charge in [-0.2, -0.15) is 0 Å². The van der Waals surface area contributed by atoms with Crippen molar-refractivity contribution >= 4 is 44.8 Å². The van der Waals surface area contributed by atoms with Crippen LogP contribution in [0.25, 0.3) is 0 Å². The van der Waals surface area contributed by atoms with E-state index in [1.54, 1.807) is 18.2 Å². The number of nitrogens with two attached hydrogens (primary N) is 1. The van der Waals surface area contributed by atoms with Gasteiger partial charge in [-0.3, -0.25) is 0 Å². The zero-order chi connectivity index (χ0) is 14.0. The number of hydrogen-bond acceptors (Lipinski definition) is 2. The fraction of sp³-hybridized carbons (Fsp3) is 0.0769. The monoisotopic (exact) mass is 363 g/mol. The second kappa shape index (κ2) is 5.99. The molecule has 0 radical (unpaired) electrons. The summed E-state index contributed by atoms with van der Waals surface area (Å²) >= 11 is 15.2. The highest BCUT2D eigenvalue weighted by Gasteiger charge is 2.09. The van der Waals surface area contributed by atoms with Gasteiger partial charge in [0.2, 0.25) is 0 Å². The first kappa shape index (κ1) is 14.4. The molecule has 0 aliphatic heterocycles. The maximum absolute atomic E-state index is 13.2. The van der Waals surface area contributed by atoms with Gasteiger partial charge in [-0.1, -0.05) is 39.1 Å². The molecule has 0 saturated carbocycles. The Morgan fingerprint density at radius 1 is 1.11 bits per heavy atom. The lowest BCUT2D eigenvalue weighted by atomic mass is 10.2. The smallest absolute Gasteiger partial charge is 0.157 e. The normalized spacial score (nSPS) is 10.5. The lowest BCUT2D eigenvalue weighted by molar-refractivity contribution is 0.306. The minimum atomic E-state index is -0.345. The second-order valence-electron chi connectivity index (χ2n) is 3.88. The number of halogens is 4. The van der Waals surface area contributed by atoms with E-state index >= 15 is 0 Å². The molecule has 2 aromatic carbocycles. The molecule has 0 amide bonds. The molecule has 0 unspecified atom stereocenters. The van der Waals surface area contributed by atoms with E-state index in [4.69, 9.17) is 33.7 Å². The molecule has 2 N–H and O–H groups in total. The van der Waals surface area contributed by atoms with E-state index in [2.05, 4.69) is 15.9 Å². The predicted octanol–water partition coefficient (Wildman–Crippen LogP) is 5.06. The molecule has 2 aromatic rings. The summed E-state index contributed by atoms with van der Waals surface area (Å²) in [4.78, 5) is 0. The molecule has 0 spiro atoms. The zero-order valence-electron chi connectivity index (χ0n) is 9.59. The molecule has 6 heteroatoms. The Kier molecular flexibility index (Phi) is 4.55. The van der Waals surface area contributed by atoms with Crippen molar-refractivity contribution in [1.82, 2.24) is 0 Å². The van der Waals surface area contributed by atoms with Gasteiger partial charge < -0.3 is 10.5 Å². The van der Waals surface area contributed by atoms with Gasteiger partial charge in [0.05, 0.1) is 10.0 Å². The molecule has 0 fully saturated rings. The van der Waals surface area contributed by atoms with Crippen LogP contribution in [0.1, 0.15) is 5.56 Å². The molecule has 0 saturated heterocycles. The Hall–Kier alpha value is -0.970. The maximum atomic E-state index is 13.2. The van der Waals surface area contributed by atoms with Crippen molar-refractivity contribution in [2.24, 2.45) is 0 Å². The summed E-state index contributed by atoms with van der Waals surface area (Å²) in [7, 11) is 0. The first-order valence-electron chi connectivity index (χ1n) is 5.28. The van der Waals surface area contributed by atoms with Gasteiger partial charge in [-0.15, -0.1) is 0 Å². The Morgan fingerprint density at radius 3 is 2.32 bits per heavy atom. The summed E-state index contributed by atoms with van der Waals surface area (Å²) in [5.41, 5.74) is 6.71. The van der Waals surface area contributed by atoms with E-state index in [1.807, 2.05) is 0 Å². The van der Waals surface area contributed by atoms with Gasteiger partial charge in [0.25, 0.3) is 0 Å². The second-order valence-corrected chi connectivity index (χ2v) is 5.61. The fourth-order valence-electron chi connectivity index (χ4n) is 1.57. The minimum absolute atomic E-state index is 0.152.